The van der Waals surface area contributed by atoms with E-state index in [1.165, 1.54) is 0 Å². The summed E-state index contributed by atoms with van der Waals surface area (Å²) in [6.07, 6.45) is 0.683. The van der Waals surface area contributed by atoms with Crippen LogP contribution in [0.15, 0.2) is 48.5 Å². The third-order valence-corrected chi connectivity index (χ3v) is 3.70. The molecule has 1 aromatic heterocycles. The highest BCUT2D eigenvalue weighted by molar-refractivity contribution is 6.32. The number of nitrogens with one attached hydrogen (secondary N) is 1. The molecule has 1 heterocycles. The topological polar surface area (TPSA) is 62.3 Å². The van der Waals surface area contributed by atoms with Gasteiger partial charge in [-0.25, -0.2) is 4.79 Å². The standard InChI is InChI=1S/C17H14ClNO3/c18-14-3-1-2-4-16(14)22-8-7-13-9-11-5-6-12(17(20)21)10-15(11)19-13/h1-6,9-10,19H,7-8H2,(H,20,21). The van der Waals surface area contributed by atoms with Gasteiger partial charge in [0.1, 0.15) is 5.75 Å². The number of rotatable bonds is 5. The SMILES string of the molecule is O=C(O)c1ccc2cc(CCOc3ccccc3Cl)[nH]c2c1. The number of aromatic amines is 1. The number of hydrogen-bond donors (Lipinski definition) is 2. The number of H-pyrrole nitrogens is 1. The lowest BCUT2D eigenvalue weighted by Gasteiger charge is -2.06. The second-order valence-corrected chi connectivity index (χ2v) is 5.34. The number of aromatic carboxylic acids is 1. The highest BCUT2D eigenvalue weighted by Gasteiger charge is 2.07. The van der Waals surface area contributed by atoms with E-state index < -0.39 is 5.97 Å². The Morgan fingerprint density at radius 1 is 1.18 bits per heavy atom. The molecular formula is C17H14ClNO3. The second-order valence-electron chi connectivity index (χ2n) is 4.93. The minimum Gasteiger partial charge on any atom is -0.492 e. The number of carboxylic acid groups (broad SMARTS) is 1. The molecule has 0 fully saturated rings. The Morgan fingerprint density at radius 2 is 2.00 bits per heavy atom. The van der Waals surface area contributed by atoms with Crippen LogP contribution in [0.3, 0.4) is 0 Å². The summed E-state index contributed by atoms with van der Waals surface area (Å²) in [6.45, 7) is 0.488. The maximum Gasteiger partial charge on any atom is 0.335 e. The quantitative estimate of drug-likeness (QED) is 0.743. The summed E-state index contributed by atoms with van der Waals surface area (Å²) in [5.41, 5.74) is 2.07. The van der Waals surface area contributed by atoms with Crippen molar-refractivity contribution in [1.29, 1.82) is 0 Å². The van der Waals surface area contributed by atoms with Crippen LogP contribution in [0.25, 0.3) is 10.9 Å². The second kappa shape index (κ2) is 6.12. The fraction of sp³-hybridized carbons (Fsp3) is 0.118. The van der Waals surface area contributed by atoms with Crippen molar-refractivity contribution in [2.45, 2.75) is 6.42 Å². The summed E-state index contributed by atoms with van der Waals surface area (Å²) in [6, 6.07) is 14.4. The van der Waals surface area contributed by atoms with Gasteiger partial charge in [0.25, 0.3) is 0 Å². The van der Waals surface area contributed by atoms with Crippen molar-refractivity contribution in [1.82, 2.24) is 4.98 Å². The first-order chi connectivity index (χ1) is 10.6. The zero-order chi connectivity index (χ0) is 15.5. The van der Waals surface area contributed by atoms with E-state index >= 15 is 0 Å². The van der Waals surface area contributed by atoms with Crippen molar-refractivity contribution >= 4 is 28.5 Å². The molecule has 3 aromatic rings. The van der Waals surface area contributed by atoms with Gasteiger partial charge in [0.15, 0.2) is 0 Å². The molecule has 3 rings (SSSR count). The Kier molecular flexibility index (Phi) is 4.02. The molecule has 4 nitrogen and oxygen atoms in total. The van der Waals surface area contributed by atoms with Gasteiger partial charge in [-0.2, -0.15) is 0 Å². The Labute approximate surface area is 132 Å². The Bertz CT molecular complexity index is 826. The van der Waals surface area contributed by atoms with E-state index in [-0.39, 0.29) is 5.56 Å². The van der Waals surface area contributed by atoms with Gasteiger partial charge in [-0.05, 0) is 35.7 Å². The predicted octanol–water partition coefficient (Wildman–Crippen LogP) is 4.14. The van der Waals surface area contributed by atoms with Crippen molar-refractivity contribution in [2.24, 2.45) is 0 Å². The van der Waals surface area contributed by atoms with Crippen molar-refractivity contribution in [2.75, 3.05) is 6.61 Å². The summed E-state index contributed by atoms with van der Waals surface area (Å²) < 4.78 is 5.65. The minimum absolute atomic E-state index is 0.271. The summed E-state index contributed by atoms with van der Waals surface area (Å²) >= 11 is 6.03. The van der Waals surface area contributed by atoms with Crippen LogP contribution in [-0.2, 0) is 6.42 Å². The smallest absolute Gasteiger partial charge is 0.335 e. The first-order valence-corrected chi connectivity index (χ1v) is 7.23. The van der Waals surface area contributed by atoms with Crippen LogP contribution in [0, 0.1) is 0 Å². The summed E-state index contributed by atoms with van der Waals surface area (Å²) in [5, 5.41) is 10.6. The van der Waals surface area contributed by atoms with E-state index in [4.69, 9.17) is 21.4 Å². The van der Waals surface area contributed by atoms with E-state index in [0.29, 0.717) is 23.8 Å². The van der Waals surface area contributed by atoms with Gasteiger partial charge in [-0.15, -0.1) is 0 Å². The molecule has 0 bridgehead atoms. The highest BCUT2D eigenvalue weighted by Crippen LogP contribution is 2.23. The molecule has 2 aromatic carbocycles. The molecule has 5 heteroatoms. The molecule has 0 saturated carbocycles. The van der Waals surface area contributed by atoms with Gasteiger partial charge >= 0.3 is 5.97 Å². The Morgan fingerprint density at radius 3 is 2.77 bits per heavy atom. The van der Waals surface area contributed by atoms with Crippen LogP contribution in [0.4, 0.5) is 0 Å². The van der Waals surface area contributed by atoms with E-state index in [9.17, 15) is 4.79 Å². The van der Waals surface area contributed by atoms with Crippen LogP contribution in [0.5, 0.6) is 5.75 Å². The molecule has 112 valence electrons. The number of halogens is 1. The Hall–Kier alpha value is -2.46. The number of benzene rings is 2. The largest absolute Gasteiger partial charge is 0.492 e. The third kappa shape index (κ3) is 3.07. The predicted molar refractivity (Wildman–Crippen MR) is 85.9 cm³/mol. The lowest BCUT2D eigenvalue weighted by molar-refractivity contribution is 0.0697. The van der Waals surface area contributed by atoms with Gasteiger partial charge in [-0.1, -0.05) is 29.8 Å². The Balaban J connectivity index is 1.69. The number of ether oxygens (including phenoxy) is 1. The molecule has 2 N–H and O–H groups in total. The molecule has 22 heavy (non-hydrogen) atoms. The summed E-state index contributed by atoms with van der Waals surface area (Å²) in [5.74, 6) is -0.270. The van der Waals surface area contributed by atoms with Gasteiger partial charge in [-0.3, -0.25) is 0 Å². The minimum atomic E-state index is -0.930. The zero-order valence-corrected chi connectivity index (χ0v) is 12.4. The van der Waals surface area contributed by atoms with E-state index in [1.807, 2.05) is 24.3 Å². The van der Waals surface area contributed by atoms with E-state index in [0.717, 1.165) is 16.6 Å². The molecule has 0 amide bonds. The first-order valence-electron chi connectivity index (χ1n) is 6.86. The molecule has 0 atom stereocenters. The molecule has 0 unspecified atom stereocenters. The lowest BCUT2D eigenvalue weighted by Crippen LogP contribution is -2.01. The molecular weight excluding hydrogens is 302 g/mol. The van der Waals surface area contributed by atoms with E-state index in [2.05, 4.69) is 4.98 Å². The van der Waals surface area contributed by atoms with Crippen LogP contribution >= 0.6 is 11.6 Å². The van der Waals surface area contributed by atoms with Crippen molar-refractivity contribution in [3.63, 3.8) is 0 Å². The first kappa shape index (κ1) is 14.5. The average molecular weight is 316 g/mol. The van der Waals surface area contributed by atoms with Crippen molar-refractivity contribution in [3.05, 3.63) is 64.8 Å². The maximum absolute atomic E-state index is 11.0. The fourth-order valence-electron chi connectivity index (χ4n) is 2.29. The molecule has 0 radical (unpaired) electrons. The molecule has 0 spiro atoms. The number of aromatic nitrogens is 1. The lowest BCUT2D eigenvalue weighted by atomic mass is 10.1. The molecule has 0 saturated heterocycles. The fourth-order valence-corrected chi connectivity index (χ4v) is 2.48. The number of fused-ring (bicyclic) bond motifs is 1. The normalized spacial score (nSPS) is 10.8. The van der Waals surface area contributed by atoms with Crippen LogP contribution in [-0.4, -0.2) is 22.7 Å². The summed E-state index contributed by atoms with van der Waals surface area (Å²) in [7, 11) is 0. The third-order valence-electron chi connectivity index (χ3n) is 3.39. The monoisotopic (exact) mass is 315 g/mol. The maximum atomic E-state index is 11.0. The van der Waals surface area contributed by atoms with Crippen LogP contribution < -0.4 is 4.74 Å². The number of carbonyl (C=O) groups is 1. The van der Waals surface area contributed by atoms with Gasteiger partial charge in [0.05, 0.1) is 17.2 Å². The van der Waals surface area contributed by atoms with Gasteiger partial charge < -0.3 is 14.8 Å². The highest BCUT2D eigenvalue weighted by atomic mass is 35.5. The van der Waals surface area contributed by atoms with Gasteiger partial charge in [0, 0.05) is 17.6 Å². The molecule has 0 aliphatic rings. The summed E-state index contributed by atoms with van der Waals surface area (Å²) in [4.78, 5) is 14.2. The average Bonchev–Trinajstić information content (AvgIpc) is 2.90. The van der Waals surface area contributed by atoms with Crippen molar-refractivity contribution in [3.8, 4) is 5.75 Å². The van der Waals surface area contributed by atoms with Gasteiger partial charge in [0.2, 0.25) is 0 Å². The zero-order valence-electron chi connectivity index (χ0n) is 11.7. The molecule has 0 aliphatic heterocycles. The number of carboxylic acids is 1. The van der Waals surface area contributed by atoms with Crippen LogP contribution in [0.1, 0.15) is 16.1 Å². The number of hydrogen-bond acceptors (Lipinski definition) is 2. The number of para-hydroxylation sites is 1. The van der Waals surface area contributed by atoms with Crippen molar-refractivity contribution < 1.29 is 14.6 Å². The van der Waals surface area contributed by atoms with E-state index in [1.54, 1.807) is 24.3 Å². The van der Waals surface area contributed by atoms with Crippen LogP contribution in [0.2, 0.25) is 5.02 Å². The molecule has 0 aliphatic carbocycles.